The molecule has 2 unspecified atom stereocenters. The van der Waals surface area contributed by atoms with E-state index >= 15 is 0 Å². The third kappa shape index (κ3) is 1.78. The van der Waals surface area contributed by atoms with Gasteiger partial charge < -0.3 is 4.90 Å². The third-order valence-corrected chi connectivity index (χ3v) is 4.51. The minimum Gasteiger partial charge on any atom is -0.334 e. The van der Waals surface area contributed by atoms with Crippen molar-refractivity contribution in [2.24, 2.45) is 11.8 Å². The zero-order chi connectivity index (χ0) is 14.7. The Kier molecular flexibility index (Phi) is 2.46. The van der Waals surface area contributed by atoms with Gasteiger partial charge in [0.1, 0.15) is 5.82 Å². The average Bonchev–Trinajstić information content (AvgIpc) is 3.17. The highest BCUT2D eigenvalue weighted by Crippen LogP contribution is 2.48. The fourth-order valence-corrected chi connectivity index (χ4v) is 3.13. The van der Waals surface area contributed by atoms with Gasteiger partial charge in [-0.1, -0.05) is 0 Å². The van der Waals surface area contributed by atoms with Crippen molar-refractivity contribution in [3.05, 3.63) is 35.6 Å². The molecule has 2 saturated heterocycles. The number of carbonyl (C=O) groups excluding carboxylic acids is 3. The van der Waals surface area contributed by atoms with Crippen LogP contribution in [0.1, 0.15) is 16.8 Å². The van der Waals surface area contributed by atoms with Crippen LogP contribution in [-0.2, 0) is 9.59 Å². The van der Waals surface area contributed by atoms with Gasteiger partial charge in [0.25, 0.3) is 5.91 Å². The monoisotopic (exact) mass is 288 g/mol. The fourth-order valence-electron chi connectivity index (χ4n) is 3.13. The van der Waals surface area contributed by atoms with E-state index in [1.807, 2.05) is 0 Å². The molecule has 3 amide bonds. The lowest BCUT2D eigenvalue weighted by atomic mass is 10.0. The summed E-state index contributed by atoms with van der Waals surface area (Å²) in [6, 6.07) is 5.16. The molecule has 3 fully saturated rings. The van der Waals surface area contributed by atoms with E-state index in [2.05, 4.69) is 0 Å². The number of halogens is 1. The number of rotatable bonds is 2. The number of imide groups is 1. The summed E-state index contributed by atoms with van der Waals surface area (Å²) in [6.45, 7) is 0.736. The molecule has 0 N–H and O–H groups in total. The molecule has 3 aliphatic rings. The quantitative estimate of drug-likeness (QED) is 0.751. The van der Waals surface area contributed by atoms with Crippen LogP contribution in [0.3, 0.4) is 0 Å². The first-order valence-electron chi connectivity index (χ1n) is 6.98. The summed E-state index contributed by atoms with van der Waals surface area (Å²) in [6.07, 6.45) is 0.694. The van der Waals surface area contributed by atoms with E-state index in [9.17, 15) is 18.8 Å². The van der Waals surface area contributed by atoms with Gasteiger partial charge in [0.2, 0.25) is 11.8 Å². The number of nitrogens with zero attached hydrogens (tertiary/aromatic N) is 2. The molecule has 6 heteroatoms. The van der Waals surface area contributed by atoms with Gasteiger partial charge in [-0.15, -0.1) is 0 Å². The van der Waals surface area contributed by atoms with Gasteiger partial charge in [-0.05, 0) is 30.7 Å². The van der Waals surface area contributed by atoms with E-state index in [1.165, 1.54) is 29.2 Å². The van der Waals surface area contributed by atoms with Crippen molar-refractivity contribution in [2.75, 3.05) is 13.1 Å². The molecule has 108 valence electrons. The van der Waals surface area contributed by atoms with Crippen molar-refractivity contribution in [1.82, 2.24) is 9.80 Å². The molecule has 21 heavy (non-hydrogen) atoms. The van der Waals surface area contributed by atoms with Crippen LogP contribution in [0.4, 0.5) is 4.39 Å². The molecule has 2 aliphatic heterocycles. The highest BCUT2D eigenvalue weighted by molar-refractivity contribution is 6.09. The zero-order valence-corrected chi connectivity index (χ0v) is 11.2. The molecular weight excluding hydrogens is 275 g/mol. The summed E-state index contributed by atoms with van der Waals surface area (Å²) < 4.78 is 12.8. The first-order chi connectivity index (χ1) is 10.1. The van der Waals surface area contributed by atoms with Gasteiger partial charge in [0.05, 0.1) is 17.9 Å². The summed E-state index contributed by atoms with van der Waals surface area (Å²) in [4.78, 5) is 38.9. The Balaban J connectivity index is 1.41. The number of hydrogen-bond donors (Lipinski definition) is 0. The Bertz CT molecular complexity index is 631. The summed E-state index contributed by atoms with van der Waals surface area (Å²) in [5.74, 6) is -0.942. The minimum absolute atomic E-state index is 0.0797. The topological polar surface area (TPSA) is 57.7 Å². The number of piperidine rings is 1. The molecule has 0 aromatic heterocycles. The average molecular weight is 288 g/mol. The maximum Gasteiger partial charge on any atom is 0.254 e. The van der Waals surface area contributed by atoms with E-state index in [-0.39, 0.29) is 41.4 Å². The number of likely N-dealkylation sites (tertiary alicyclic amines) is 2. The number of fused-ring (bicyclic) bond motifs is 1. The van der Waals surface area contributed by atoms with Crippen molar-refractivity contribution in [3.8, 4) is 0 Å². The lowest BCUT2D eigenvalue weighted by Crippen LogP contribution is -2.62. The Morgan fingerprint density at radius 2 is 1.62 bits per heavy atom. The van der Waals surface area contributed by atoms with Crippen LogP contribution in [-0.4, -0.2) is 46.7 Å². The second kappa shape index (κ2) is 4.13. The van der Waals surface area contributed by atoms with Crippen LogP contribution >= 0.6 is 0 Å². The van der Waals surface area contributed by atoms with Gasteiger partial charge in [-0.2, -0.15) is 0 Å². The number of benzene rings is 1. The molecule has 2 atom stereocenters. The van der Waals surface area contributed by atoms with Crippen molar-refractivity contribution in [2.45, 2.75) is 12.5 Å². The molecule has 2 heterocycles. The van der Waals surface area contributed by atoms with E-state index in [4.69, 9.17) is 0 Å². The molecule has 1 aromatic rings. The number of hydrogen-bond acceptors (Lipinski definition) is 3. The Hall–Kier alpha value is -2.24. The fraction of sp³-hybridized carbons (Fsp3) is 0.400. The van der Waals surface area contributed by atoms with Gasteiger partial charge in [0, 0.05) is 18.7 Å². The first-order valence-corrected chi connectivity index (χ1v) is 6.98. The molecule has 0 spiro atoms. The summed E-state index contributed by atoms with van der Waals surface area (Å²) in [7, 11) is 0. The Labute approximate surface area is 120 Å². The normalized spacial score (nSPS) is 27.7. The maximum absolute atomic E-state index is 12.8. The van der Waals surface area contributed by atoms with E-state index in [1.54, 1.807) is 4.90 Å². The molecule has 1 aromatic carbocycles. The summed E-state index contributed by atoms with van der Waals surface area (Å²) in [5.41, 5.74) is 0.414. The van der Waals surface area contributed by atoms with Gasteiger partial charge in [-0.25, -0.2) is 4.39 Å². The van der Waals surface area contributed by atoms with Gasteiger partial charge in [-0.3, -0.25) is 19.3 Å². The summed E-state index contributed by atoms with van der Waals surface area (Å²) >= 11 is 0. The first kappa shape index (κ1) is 12.5. The van der Waals surface area contributed by atoms with E-state index in [0.717, 1.165) is 0 Å². The van der Waals surface area contributed by atoms with Crippen LogP contribution in [0, 0.1) is 17.7 Å². The van der Waals surface area contributed by atoms with Crippen LogP contribution in [0.2, 0.25) is 0 Å². The van der Waals surface area contributed by atoms with Gasteiger partial charge >= 0.3 is 0 Å². The third-order valence-electron chi connectivity index (χ3n) is 4.51. The number of carbonyl (C=O) groups is 3. The number of amides is 3. The Morgan fingerprint density at radius 1 is 1.05 bits per heavy atom. The molecule has 4 rings (SSSR count). The lowest BCUT2D eigenvalue weighted by Gasteiger charge is -2.43. The molecule has 0 bridgehead atoms. The standard InChI is InChI=1S/C15H13FN2O3/c16-9-3-1-8(2-4-9)13(19)17-6-10(7-17)18-14(20)11-5-12(11)15(18)21/h1-4,10-12H,5-7H2. The van der Waals surface area contributed by atoms with Crippen molar-refractivity contribution >= 4 is 17.7 Å². The second-order valence-corrected chi connectivity index (χ2v) is 5.87. The molecule has 1 aliphatic carbocycles. The van der Waals surface area contributed by atoms with Crippen molar-refractivity contribution in [1.29, 1.82) is 0 Å². The SMILES string of the molecule is O=C(c1ccc(F)cc1)N1CC(N2C(=O)C3CC3C2=O)C1. The van der Waals surface area contributed by atoms with Crippen molar-refractivity contribution in [3.63, 3.8) is 0 Å². The predicted octanol–water partition coefficient (Wildman–Crippen LogP) is 0.655. The molecule has 5 nitrogen and oxygen atoms in total. The van der Waals surface area contributed by atoms with E-state index in [0.29, 0.717) is 25.1 Å². The van der Waals surface area contributed by atoms with E-state index < -0.39 is 0 Å². The minimum atomic E-state index is -0.388. The van der Waals surface area contributed by atoms with Crippen LogP contribution in [0.25, 0.3) is 0 Å². The Morgan fingerprint density at radius 3 is 2.19 bits per heavy atom. The van der Waals surface area contributed by atoms with Crippen LogP contribution < -0.4 is 0 Å². The maximum atomic E-state index is 12.8. The molecule has 1 saturated carbocycles. The highest BCUT2D eigenvalue weighted by atomic mass is 19.1. The lowest BCUT2D eigenvalue weighted by molar-refractivity contribution is -0.147. The smallest absolute Gasteiger partial charge is 0.254 e. The van der Waals surface area contributed by atoms with Crippen LogP contribution in [0.5, 0.6) is 0 Å². The second-order valence-electron chi connectivity index (χ2n) is 5.87. The van der Waals surface area contributed by atoms with Crippen molar-refractivity contribution < 1.29 is 18.8 Å². The summed E-state index contributed by atoms with van der Waals surface area (Å²) in [5, 5.41) is 0. The zero-order valence-electron chi connectivity index (χ0n) is 11.2. The molecule has 0 radical (unpaired) electrons. The molecular formula is C15H13FN2O3. The highest BCUT2D eigenvalue weighted by Gasteiger charge is 2.61. The predicted molar refractivity (Wildman–Crippen MR) is 69.5 cm³/mol. The van der Waals surface area contributed by atoms with Gasteiger partial charge in [0.15, 0.2) is 0 Å². The van der Waals surface area contributed by atoms with Crippen LogP contribution in [0.15, 0.2) is 24.3 Å². The largest absolute Gasteiger partial charge is 0.334 e.